The van der Waals surface area contributed by atoms with Gasteiger partial charge >= 0.3 is 0 Å². The molecule has 0 aliphatic carbocycles. The van der Waals surface area contributed by atoms with E-state index in [9.17, 15) is 4.39 Å². The van der Waals surface area contributed by atoms with E-state index >= 15 is 0 Å². The molecule has 0 bridgehead atoms. The van der Waals surface area contributed by atoms with Crippen LogP contribution in [0.4, 0.5) is 4.39 Å². The smallest absolute Gasteiger partial charge is 0.0894 e. The summed E-state index contributed by atoms with van der Waals surface area (Å²) in [5.41, 5.74) is 6.74. The number of alkyl halides is 1. The zero-order chi connectivity index (χ0) is 6.24. The van der Waals surface area contributed by atoms with Crippen molar-refractivity contribution in [2.75, 3.05) is 13.2 Å². The SMILES string of the molecule is [NH]CCCCCCF. The van der Waals surface area contributed by atoms with Gasteiger partial charge in [0.1, 0.15) is 0 Å². The van der Waals surface area contributed by atoms with Gasteiger partial charge in [-0.3, -0.25) is 10.1 Å². The fourth-order valence-corrected chi connectivity index (χ4v) is 0.573. The standard InChI is InChI=1S/C6H13FN/c7-5-3-1-2-4-6-8/h8H,1-6H2. The Hall–Kier alpha value is -0.110. The number of rotatable bonds is 5. The lowest BCUT2D eigenvalue weighted by molar-refractivity contribution is 0.453. The average Bonchev–Trinajstić information content (AvgIpc) is 1.81. The van der Waals surface area contributed by atoms with E-state index < -0.39 is 0 Å². The van der Waals surface area contributed by atoms with Gasteiger partial charge in [0.25, 0.3) is 0 Å². The predicted molar refractivity (Wildman–Crippen MR) is 32.4 cm³/mol. The molecule has 0 fully saturated rings. The molecule has 0 spiro atoms. The van der Waals surface area contributed by atoms with Crippen LogP contribution in [0, 0.1) is 0 Å². The Morgan fingerprint density at radius 1 is 1.00 bits per heavy atom. The highest BCUT2D eigenvalue weighted by molar-refractivity contribution is 4.41. The summed E-state index contributed by atoms with van der Waals surface area (Å²) in [7, 11) is 0. The van der Waals surface area contributed by atoms with Gasteiger partial charge in [-0.25, -0.2) is 0 Å². The largest absolute Gasteiger partial charge is 0.258 e. The predicted octanol–water partition coefficient (Wildman–Crippen LogP) is 1.80. The minimum Gasteiger partial charge on any atom is -0.258 e. The van der Waals surface area contributed by atoms with Crippen molar-refractivity contribution >= 4 is 0 Å². The highest BCUT2D eigenvalue weighted by Gasteiger charge is 1.85. The fourth-order valence-electron chi connectivity index (χ4n) is 0.573. The zero-order valence-electron chi connectivity index (χ0n) is 5.12. The van der Waals surface area contributed by atoms with Crippen molar-refractivity contribution in [3.63, 3.8) is 0 Å². The van der Waals surface area contributed by atoms with Crippen molar-refractivity contribution < 1.29 is 4.39 Å². The van der Waals surface area contributed by atoms with Gasteiger partial charge in [0.05, 0.1) is 6.67 Å². The summed E-state index contributed by atoms with van der Waals surface area (Å²) in [6.45, 7) is 0.296. The van der Waals surface area contributed by atoms with Crippen molar-refractivity contribution in [1.29, 1.82) is 0 Å². The fraction of sp³-hybridized carbons (Fsp3) is 1.00. The van der Waals surface area contributed by atoms with E-state index in [4.69, 9.17) is 5.73 Å². The molecule has 0 atom stereocenters. The second-order valence-corrected chi connectivity index (χ2v) is 1.85. The van der Waals surface area contributed by atoms with E-state index in [1.54, 1.807) is 0 Å². The van der Waals surface area contributed by atoms with Crippen molar-refractivity contribution in [3.8, 4) is 0 Å². The molecule has 0 rings (SSSR count). The number of halogens is 1. The molecule has 1 radical (unpaired) electrons. The molecule has 0 amide bonds. The first-order chi connectivity index (χ1) is 3.91. The lowest BCUT2D eigenvalue weighted by Crippen LogP contribution is -1.85. The van der Waals surface area contributed by atoms with E-state index in [-0.39, 0.29) is 6.67 Å². The monoisotopic (exact) mass is 118 g/mol. The van der Waals surface area contributed by atoms with Crippen molar-refractivity contribution in [2.24, 2.45) is 0 Å². The molecular formula is C6H13FN. The number of unbranched alkanes of at least 4 members (excludes halogenated alkanes) is 3. The molecule has 1 nitrogen and oxygen atoms in total. The van der Waals surface area contributed by atoms with Crippen LogP contribution in [0.2, 0.25) is 0 Å². The topological polar surface area (TPSA) is 23.8 Å². The minimum atomic E-state index is -0.196. The van der Waals surface area contributed by atoms with Crippen LogP contribution in [0.1, 0.15) is 25.7 Å². The molecule has 0 unspecified atom stereocenters. The molecule has 1 N–H and O–H groups in total. The van der Waals surface area contributed by atoms with Gasteiger partial charge in [-0.1, -0.05) is 12.8 Å². The first-order valence-electron chi connectivity index (χ1n) is 3.12. The average molecular weight is 118 g/mol. The zero-order valence-corrected chi connectivity index (χ0v) is 5.12. The van der Waals surface area contributed by atoms with Crippen LogP contribution in [-0.2, 0) is 0 Å². The lowest BCUT2D eigenvalue weighted by Gasteiger charge is -1.92. The Kier molecular flexibility index (Phi) is 6.80. The summed E-state index contributed by atoms with van der Waals surface area (Å²) < 4.78 is 11.4. The molecule has 0 saturated heterocycles. The van der Waals surface area contributed by atoms with Crippen LogP contribution in [0.15, 0.2) is 0 Å². The van der Waals surface area contributed by atoms with E-state index in [0.717, 1.165) is 19.3 Å². The first-order valence-corrected chi connectivity index (χ1v) is 3.12. The van der Waals surface area contributed by atoms with Gasteiger partial charge in [0.2, 0.25) is 0 Å². The van der Waals surface area contributed by atoms with E-state index in [1.165, 1.54) is 0 Å². The number of hydrogen-bond acceptors (Lipinski definition) is 0. The number of hydrogen-bond donors (Lipinski definition) is 0. The molecule has 0 aromatic rings. The molecule has 49 valence electrons. The molecule has 0 aliphatic rings. The van der Waals surface area contributed by atoms with Gasteiger partial charge in [0.15, 0.2) is 0 Å². The molecule has 8 heavy (non-hydrogen) atoms. The quantitative estimate of drug-likeness (QED) is 0.491. The van der Waals surface area contributed by atoms with Crippen LogP contribution >= 0.6 is 0 Å². The van der Waals surface area contributed by atoms with Crippen molar-refractivity contribution in [2.45, 2.75) is 25.7 Å². The Bertz CT molecular complexity index is 33.5. The summed E-state index contributed by atoms with van der Waals surface area (Å²) in [4.78, 5) is 0. The normalized spacial score (nSPS) is 9.75. The third-order valence-electron chi connectivity index (χ3n) is 1.06. The third kappa shape index (κ3) is 5.89. The number of nitrogens with one attached hydrogen (secondary N) is 1. The summed E-state index contributed by atoms with van der Waals surface area (Å²) in [6.07, 6.45) is 3.59. The Morgan fingerprint density at radius 2 is 1.62 bits per heavy atom. The maximum Gasteiger partial charge on any atom is 0.0894 e. The second-order valence-electron chi connectivity index (χ2n) is 1.85. The summed E-state index contributed by atoms with van der Waals surface area (Å²) in [6, 6.07) is 0. The van der Waals surface area contributed by atoms with Gasteiger partial charge < -0.3 is 0 Å². The van der Waals surface area contributed by atoms with E-state index in [2.05, 4.69) is 0 Å². The highest BCUT2D eigenvalue weighted by atomic mass is 19.1. The second kappa shape index (κ2) is 6.89. The van der Waals surface area contributed by atoms with Crippen LogP contribution < -0.4 is 5.73 Å². The van der Waals surface area contributed by atoms with Gasteiger partial charge in [-0.2, -0.15) is 0 Å². The van der Waals surface area contributed by atoms with Crippen LogP contribution in [0.3, 0.4) is 0 Å². The molecule has 0 saturated carbocycles. The Labute approximate surface area is 50.1 Å². The molecule has 0 aromatic carbocycles. The summed E-state index contributed by atoms with van der Waals surface area (Å²) >= 11 is 0. The van der Waals surface area contributed by atoms with Crippen LogP contribution in [0.25, 0.3) is 0 Å². The highest BCUT2D eigenvalue weighted by Crippen LogP contribution is 1.97. The third-order valence-corrected chi connectivity index (χ3v) is 1.06. The lowest BCUT2D eigenvalue weighted by atomic mass is 10.2. The van der Waals surface area contributed by atoms with Gasteiger partial charge in [-0.05, 0) is 12.8 Å². The van der Waals surface area contributed by atoms with Crippen molar-refractivity contribution in [1.82, 2.24) is 5.73 Å². The minimum absolute atomic E-state index is 0.196. The molecule has 0 heterocycles. The maximum absolute atomic E-state index is 11.4. The van der Waals surface area contributed by atoms with Crippen molar-refractivity contribution in [3.05, 3.63) is 0 Å². The van der Waals surface area contributed by atoms with Gasteiger partial charge in [0, 0.05) is 6.54 Å². The van der Waals surface area contributed by atoms with Gasteiger partial charge in [-0.15, -0.1) is 0 Å². The summed E-state index contributed by atoms with van der Waals surface area (Å²) in [5, 5.41) is 0. The molecule has 0 aromatic heterocycles. The maximum atomic E-state index is 11.4. The summed E-state index contributed by atoms with van der Waals surface area (Å²) in [5.74, 6) is 0. The molecule has 2 heteroatoms. The van der Waals surface area contributed by atoms with E-state index in [1.807, 2.05) is 0 Å². The van der Waals surface area contributed by atoms with E-state index in [0.29, 0.717) is 13.0 Å². The molecular weight excluding hydrogens is 105 g/mol. The Morgan fingerprint density at radius 3 is 2.12 bits per heavy atom. The van der Waals surface area contributed by atoms with Crippen LogP contribution in [0.5, 0.6) is 0 Å². The van der Waals surface area contributed by atoms with Crippen LogP contribution in [-0.4, -0.2) is 13.2 Å². The Balaban J connectivity index is 2.53. The molecule has 0 aliphatic heterocycles. The first kappa shape index (κ1) is 7.89.